The third kappa shape index (κ3) is 9.45. The number of nitrogens with one attached hydrogen (secondary N) is 2. The van der Waals surface area contributed by atoms with Gasteiger partial charge in [0.15, 0.2) is 0 Å². The van der Waals surface area contributed by atoms with Crippen molar-refractivity contribution < 1.29 is 26.3 Å². The van der Waals surface area contributed by atoms with Crippen molar-refractivity contribution in [3.63, 3.8) is 0 Å². The lowest BCUT2D eigenvalue weighted by Gasteiger charge is -2.07. The molecule has 0 spiro atoms. The Morgan fingerprint density at radius 2 is 0.763 bits per heavy atom. The lowest BCUT2D eigenvalue weighted by molar-refractivity contribution is -0.138. The second-order valence-electron chi connectivity index (χ2n) is 7.71. The van der Waals surface area contributed by atoms with E-state index in [1.165, 1.54) is 24.3 Å². The first-order valence-corrected chi connectivity index (χ1v) is 11.1. The van der Waals surface area contributed by atoms with Gasteiger partial charge < -0.3 is 0 Å². The molecule has 0 aromatic heterocycles. The zero-order valence-corrected chi connectivity index (χ0v) is 19.7. The summed E-state index contributed by atoms with van der Waals surface area (Å²) in [5, 5.41) is 7.89. The molecular weight excluding hydrogens is 506 g/mol. The number of alkyl halides is 6. The van der Waals surface area contributed by atoms with Crippen LogP contribution in [-0.4, -0.2) is 12.4 Å². The van der Waals surface area contributed by atoms with Crippen LogP contribution in [0, 0.1) is 0 Å². The molecule has 0 radical (unpaired) electrons. The average molecular weight is 529 g/mol. The molecule has 38 heavy (non-hydrogen) atoms. The molecule has 2 N–H and O–H groups in total. The van der Waals surface area contributed by atoms with Crippen LogP contribution in [0.5, 0.6) is 0 Å². The topological polar surface area (TPSA) is 48.8 Å². The fourth-order valence-electron chi connectivity index (χ4n) is 2.91. The van der Waals surface area contributed by atoms with Crippen molar-refractivity contribution in [2.75, 3.05) is 10.9 Å². The first-order chi connectivity index (χ1) is 18.1. The predicted octanol–water partition coefficient (Wildman–Crippen LogP) is 8.30. The first-order valence-electron chi connectivity index (χ1n) is 11.1. The second-order valence-corrected chi connectivity index (χ2v) is 7.71. The zero-order chi connectivity index (χ0) is 27.4. The van der Waals surface area contributed by atoms with E-state index in [0.29, 0.717) is 11.4 Å². The van der Waals surface area contributed by atoms with E-state index < -0.39 is 23.5 Å². The summed E-state index contributed by atoms with van der Waals surface area (Å²) in [4.78, 5) is 0. The van der Waals surface area contributed by atoms with Gasteiger partial charge in [0.1, 0.15) is 0 Å². The smallest absolute Gasteiger partial charge is 0.279 e. The number of halogens is 6. The lowest BCUT2D eigenvalue weighted by atomic mass is 10.2. The summed E-state index contributed by atoms with van der Waals surface area (Å²) < 4.78 is 74.1. The third-order valence-electron chi connectivity index (χ3n) is 4.84. The van der Waals surface area contributed by atoms with Crippen molar-refractivity contribution in [2.24, 2.45) is 10.2 Å². The highest BCUT2D eigenvalue weighted by Gasteiger charge is 2.30. The van der Waals surface area contributed by atoms with Gasteiger partial charge in [-0.25, -0.2) is 0 Å². The zero-order valence-electron chi connectivity index (χ0n) is 19.7. The van der Waals surface area contributed by atoms with Crippen LogP contribution in [0.15, 0.2) is 119 Å². The summed E-state index contributed by atoms with van der Waals surface area (Å²) in [5.41, 5.74) is 6.81. The molecule has 4 aromatic rings. The van der Waals surface area contributed by atoms with Crippen LogP contribution in [-0.2, 0) is 12.4 Å². The van der Waals surface area contributed by atoms with E-state index in [4.69, 9.17) is 0 Å². The molecule has 10 heteroatoms. The standard InChI is InChI=1S/2C14H11F3N2/c2*15-14(16,17)12-6-8-13(9-7-12)19-18-10-11-4-2-1-3-5-11/h2*1-10,19H/b2*18-10+. The van der Waals surface area contributed by atoms with Gasteiger partial charge in [-0.1, -0.05) is 60.7 Å². The van der Waals surface area contributed by atoms with Crippen LogP contribution in [0.25, 0.3) is 0 Å². The van der Waals surface area contributed by atoms with Crippen molar-refractivity contribution in [1.82, 2.24) is 0 Å². The van der Waals surface area contributed by atoms with E-state index >= 15 is 0 Å². The Labute approximate surface area is 215 Å². The van der Waals surface area contributed by atoms with E-state index in [-0.39, 0.29) is 0 Å². The quantitative estimate of drug-likeness (QED) is 0.150. The molecule has 196 valence electrons. The van der Waals surface area contributed by atoms with Crippen LogP contribution in [0.4, 0.5) is 37.7 Å². The molecule has 0 atom stereocenters. The summed E-state index contributed by atoms with van der Waals surface area (Å²) in [7, 11) is 0. The Balaban J connectivity index is 0.000000211. The number of nitrogens with zero attached hydrogens (tertiary/aromatic N) is 2. The number of hydrazone groups is 2. The minimum absolute atomic E-state index is 0.500. The van der Waals surface area contributed by atoms with Gasteiger partial charge in [-0.2, -0.15) is 36.5 Å². The molecule has 0 aliphatic rings. The second kappa shape index (κ2) is 13.1. The number of rotatable bonds is 6. The first kappa shape index (κ1) is 28.0. The van der Waals surface area contributed by atoms with Gasteiger partial charge in [0.2, 0.25) is 0 Å². The number of anilines is 2. The largest absolute Gasteiger partial charge is 0.416 e. The lowest BCUT2D eigenvalue weighted by Crippen LogP contribution is -2.04. The maximum Gasteiger partial charge on any atom is 0.416 e. The Kier molecular flexibility index (Phi) is 9.64. The average Bonchev–Trinajstić information content (AvgIpc) is 2.90. The van der Waals surface area contributed by atoms with Crippen molar-refractivity contribution in [2.45, 2.75) is 12.4 Å². The molecule has 4 rings (SSSR count). The van der Waals surface area contributed by atoms with Crippen LogP contribution < -0.4 is 10.9 Å². The Morgan fingerprint density at radius 3 is 1.05 bits per heavy atom. The van der Waals surface area contributed by atoms with Gasteiger partial charge in [0, 0.05) is 0 Å². The van der Waals surface area contributed by atoms with E-state index in [1.54, 1.807) is 12.4 Å². The molecule has 0 saturated heterocycles. The fraction of sp³-hybridized carbons (Fsp3) is 0.0714. The van der Waals surface area contributed by atoms with Gasteiger partial charge in [0.25, 0.3) is 0 Å². The van der Waals surface area contributed by atoms with Crippen LogP contribution in [0.3, 0.4) is 0 Å². The summed E-state index contributed by atoms with van der Waals surface area (Å²) in [6.45, 7) is 0. The molecule has 0 aliphatic carbocycles. The maximum atomic E-state index is 12.3. The van der Waals surface area contributed by atoms with Crippen molar-refractivity contribution in [3.05, 3.63) is 131 Å². The van der Waals surface area contributed by atoms with Gasteiger partial charge >= 0.3 is 12.4 Å². The minimum Gasteiger partial charge on any atom is -0.279 e. The van der Waals surface area contributed by atoms with Gasteiger partial charge in [-0.15, -0.1) is 0 Å². The molecule has 0 heterocycles. The molecular formula is C28H22F6N4. The highest BCUT2D eigenvalue weighted by atomic mass is 19.4. The van der Waals surface area contributed by atoms with Gasteiger partial charge in [-0.05, 0) is 59.7 Å². The summed E-state index contributed by atoms with van der Waals surface area (Å²) in [6.07, 6.45) is -5.44. The van der Waals surface area contributed by atoms with Gasteiger partial charge in [0.05, 0.1) is 34.9 Å². The predicted molar refractivity (Wildman–Crippen MR) is 138 cm³/mol. The summed E-state index contributed by atoms with van der Waals surface area (Å²) in [5.74, 6) is 0. The SMILES string of the molecule is FC(F)(F)c1ccc(N/N=C/c2ccccc2)cc1.FC(F)(F)c1ccc(N/N=C/c2ccccc2)cc1. The maximum absolute atomic E-state index is 12.3. The van der Waals surface area contributed by atoms with Crippen LogP contribution in [0.1, 0.15) is 22.3 Å². The highest BCUT2D eigenvalue weighted by molar-refractivity contribution is 5.80. The summed E-state index contributed by atoms with van der Waals surface area (Å²) in [6, 6.07) is 28.2. The van der Waals surface area contributed by atoms with E-state index in [0.717, 1.165) is 35.4 Å². The molecule has 0 unspecified atom stereocenters. The molecule has 0 amide bonds. The van der Waals surface area contributed by atoms with Gasteiger partial charge in [-0.3, -0.25) is 10.9 Å². The normalized spacial score (nSPS) is 11.7. The monoisotopic (exact) mass is 528 g/mol. The molecule has 0 bridgehead atoms. The number of hydrogen-bond donors (Lipinski definition) is 2. The van der Waals surface area contributed by atoms with Crippen molar-refractivity contribution >= 4 is 23.8 Å². The minimum atomic E-state index is -4.31. The van der Waals surface area contributed by atoms with Crippen molar-refractivity contribution in [3.8, 4) is 0 Å². The summed E-state index contributed by atoms with van der Waals surface area (Å²) >= 11 is 0. The van der Waals surface area contributed by atoms with Crippen LogP contribution >= 0.6 is 0 Å². The van der Waals surface area contributed by atoms with Crippen molar-refractivity contribution in [1.29, 1.82) is 0 Å². The Hall–Kier alpha value is -4.60. The molecule has 0 aliphatic heterocycles. The molecule has 0 fully saturated rings. The van der Waals surface area contributed by atoms with Crippen LogP contribution in [0.2, 0.25) is 0 Å². The third-order valence-corrected chi connectivity index (χ3v) is 4.84. The fourth-order valence-corrected chi connectivity index (χ4v) is 2.91. The number of benzene rings is 4. The van der Waals surface area contributed by atoms with E-state index in [1.807, 2.05) is 60.7 Å². The van der Waals surface area contributed by atoms with E-state index in [9.17, 15) is 26.3 Å². The Morgan fingerprint density at radius 1 is 0.447 bits per heavy atom. The molecule has 4 aromatic carbocycles. The molecule has 0 saturated carbocycles. The number of hydrogen-bond acceptors (Lipinski definition) is 4. The van der Waals surface area contributed by atoms with E-state index in [2.05, 4.69) is 21.1 Å². The molecule has 4 nitrogen and oxygen atoms in total. The Bertz CT molecular complexity index is 1200. The highest BCUT2D eigenvalue weighted by Crippen LogP contribution is 2.30.